The molecule has 0 atom stereocenters. The maximum atomic E-state index is 12.5. The molecule has 0 aliphatic carbocycles. The van der Waals surface area contributed by atoms with Gasteiger partial charge in [0.25, 0.3) is 5.91 Å². The average molecular weight is 364 g/mol. The van der Waals surface area contributed by atoms with Crippen molar-refractivity contribution in [3.05, 3.63) is 65.4 Å². The number of ether oxygens (including phenoxy) is 1. The first-order chi connectivity index (χ1) is 13.1. The van der Waals surface area contributed by atoms with Crippen LogP contribution in [0, 0.1) is 13.8 Å². The molecule has 1 N–H and O–H groups in total. The maximum absolute atomic E-state index is 12.5. The molecule has 0 bridgehead atoms. The van der Waals surface area contributed by atoms with Gasteiger partial charge in [-0.3, -0.25) is 4.79 Å². The van der Waals surface area contributed by atoms with E-state index in [0.717, 1.165) is 41.0 Å². The molecule has 5 heteroatoms. The van der Waals surface area contributed by atoms with Crippen LogP contribution in [0.15, 0.2) is 53.1 Å². The molecule has 1 amide bonds. The number of aryl methyl sites for hydroxylation is 1. The summed E-state index contributed by atoms with van der Waals surface area (Å²) in [5.41, 5.74) is 4.02. The summed E-state index contributed by atoms with van der Waals surface area (Å²) < 4.78 is 11.0. The van der Waals surface area contributed by atoms with E-state index in [9.17, 15) is 4.79 Å². The number of rotatable bonds is 7. The minimum absolute atomic E-state index is 0.245. The molecule has 27 heavy (non-hydrogen) atoms. The minimum Gasteiger partial charge on any atom is -0.494 e. The standard InChI is InChI=1S/C22H24N2O3/c1-4-5-13-26-18-11-9-17(10-12-18)21-14-20(24-27-21)22(25)23-19-8-6-7-15(2)16(19)3/h6-12,14H,4-5,13H2,1-3H3,(H,23,25). The first kappa shape index (κ1) is 18.7. The molecule has 0 aliphatic heterocycles. The lowest BCUT2D eigenvalue weighted by Gasteiger charge is -2.08. The molecule has 0 saturated heterocycles. The molecule has 0 aliphatic rings. The van der Waals surface area contributed by atoms with E-state index >= 15 is 0 Å². The number of nitrogens with one attached hydrogen (secondary N) is 1. The van der Waals surface area contributed by atoms with E-state index < -0.39 is 0 Å². The van der Waals surface area contributed by atoms with Crippen LogP contribution in [-0.4, -0.2) is 17.7 Å². The third-order valence-electron chi connectivity index (χ3n) is 4.50. The number of aromatic nitrogens is 1. The second kappa shape index (κ2) is 8.54. The molecular weight excluding hydrogens is 340 g/mol. The Morgan fingerprint density at radius 2 is 1.93 bits per heavy atom. The molecule has 0 radical (unpaired) electrons. The van der Waals surface area contributed by atoms with Crippen LogP contribution in [0.5, 0.6) is 5.75 Å². The number of hydrogen-bond acceptors (Lipinski definition) is 4. The van der Waals surface area contributed by atoms with E-state index in [1.54, 1.807) is 6.07 Å². The fourth-order valence-corrected chi connectivity index (χ4v) is 2.64. The maximum Gasteiger partial charge on any atom is 0.277 e. The zero-order valence-corrected chi connectivity index (χ0v) is 15.9. The molecule has 0 saturated carbocycles. The van der Waals surface area contributed by atoms with E-state index in [-0.39, 0.29) is 11.6 Å². The highest BCUT2D eigenvalue weighted by Gasteiger charge is 2.15. The Hall–Kier alpha value is -3.08. The van der Waals surface area contributed by atoms with Gasteiger partial charge in [0.2, 0.25) is 0 Å². The Morgan fingerprint density at radius 3 is 2.67 bits per heavy atom. The van der Waals surface area contributed by atoms with Crippen LogP contribution in [0.1, 0.15) is 41.4 Å². The van der Waals surface area contributed by atoms with Crippen LogP contribution in [0.3, 0.4) is 0 Å². The number of carbonyl (C=O) groups is 1. The van der Waals surface area contributed by atoms with Crippen molar-refractivity contribution < 1.29 is 14.1 Å². The Bertz CT molecular complexity index is 914. The fraction of sp³-hybridized carbons (Fsp3) is 0.273. The van der Waals surface area contributed by atoms with Crippen molar-refractivity contribution in [2.24, 2.45) is 0 Å². The van der Waals surface area contributed by atoms with Gasteiger partial charge in [-0.05, 0) is 61.7 Å². The highest BCUT2D eigenvalue weighted by Crippen LogP contribution is 2.24. The third kappa shape index (κ3) is 4.56. The summed E-state index contributed by atoms with van der Waals surface area (Å²) in [6.45, 7) is 6.82. The predicted molar refractivity (Wildman–Crippen MR) is 106 cm³/mol. The van der Waals surface area contributed by atoms with Crippen molar-refractivity contribution in [2.75, 3.05) is 11.9 Å². The van der Waals surface area contributed by atoms with Crippen molar-refractivity contribution in [1.82, 2.24) is 5.16 Å². The molecule has 3 aromatic rings. The SMILES string of the molecule is CCCCOc1ccc(-c2cc(C(=O)Nc3cccc(C)c3C)no2)cc1. The number of carbonyl (C=O) groups excluding carboxylic acids is 1. The molecule has 0 unspecified atom stereocenters. The molecule has 0 fully saturated rings. The van der Waals surface area contributed by atoms with Gasteiger partial charge in [-0.15, -0.1) is 0 Å². The van der Waals surface area contributed by atoms with Crippen LogP contribution in [0.2, 0.25) is 0 Å². The first-order valence-corrected chi connectivity index (χ1v) is 9.16. The Morgan fingerprint density at radius 1 is 1.15 bits per heavy atom. The van der Waals surface area contributed by atoms with Crippen LogP contribution >= 0.6 is 0 Å². The average Bonchev–Trinajstić information content (AvgIpc) is 3.16. The lowest BCUT2D eigenvalue weighted by atomic mass is 10.1. The van der Waals surface area contributed by atoms with E-state index in [2.05, 4.69) is 17.4 Å². The van der Waals surface area contributed by atoms with E-state index in [1.807, 2.05) is 56.3 Å². The van der Waals surface area contributed by atoms with E-state index in [1.165, 1.54) is 0 Å². The highest BCUT2D eigenvalue weighted by atomic mass is 16.5. The molecule has 3 rings (SSSR count). The summed E-state index contributed by atoms with van der Waals surface area (Å²) >= 11 is 0. The molecule has 140 valence electrons. The quantitative estimate of drug-likeness (QED) is 0.571. The van der Waals surface area contributed by atoms with Crippen molar-refractivity contribution >= 4 is 11.6 Å². The zero-order valence-electron chi connectivity index (χ0n) is 15.9. The Balaban J connectivity index is 1.68. The molecule has 0 spiro atoms. The summed E-state index contributed by atoms with van der Waals surface area (Å²) in [6, 6.07) is 15.0. The molecule has 1 aromatic heterocycles. The van der Waals surface area contributed by atoms with Crippen molar-refractivity contribution in [3.8, 4) is 17.1 Å². The van der Waals surface area contributed by atoms with Gasteiger partial charge in [-0.2, -0.15) is 0 Å². The van der Waals surface area contributed by atoms with Crippen LogP contribution in [0.4, 0.5) is 5.69 Å². The van der Waals surface area contributed by atoms with Gasteiger partial charge in [-0.1, -0.05) is 30.6 Å². The zero-order chi connectivity index (χ0) is 19.2. The molecule has 1 heterocycles. The normalized spacial score (nSPS) is 10.6. The van der Waals surface area contributed by atoms with Gasteiger partial charge < -0.3 is 14.6 Å². The second-order valence-electron chi connectivity index (χ2n) is 6.50. The summed E-state index contributed by atoms with van der Waals surface area (Å²) in [5, 5.41) is 6.79. The van der Waals surface area contributed by atoms with Gasteiger partial charge in [0.05, 0.1) is 6.61 Å². The minimum atomic E-state index is -0.293. The third-order valence-corrected chi connectivity index (χ3v) is 4.50. The van der Waals surface area contributed by atoms with Gasteiger partial charge in [0, 0.05) is 17.3 Å². The summed E-state index contributed by atoms with van der Waals surface area (Å²) in [7, 11) is 0. The van der Waals surface area contributed by atoms with Gasteiger partial charge in [0.15, 0.2) is 11.5 Å². The van der Waals surface area contributed by atoms with Gasteiger partial charge in [0.1, 0.15) is 5.75 Å². The number of nitrogens with zero attached hydrogens (tertiary/aromatic N) is 1. The lowest BCUT2D eigenvalue weighted by Crippen LogP contribution is -2.13. The first-order valence-electron chi connectivity index (χ1n) is 9.16. The smallest absolute Gasteiger partial charge is 0.277 e. The van der Waals surface area contributed by atoms with Crippen molar-refractivity contribution in [2.45, 2.75) is 33.6 Å². The fourth-order valence-electron chi connectivity index (χ4n) is 2.64. The Labute approximate surface area is 159 Å². The number of benzene rings is 2. The largest absolute Gasteiger partial charge is 0.494 e. The van der Waals surface area contributed by atoms with Crippen LogP contribution in [-0.2, 0) is 0 Å². The second-order valence-corrected chi connectivity index (χ2v) is 6.50. The summed E-state index contributed by atoms with van der Waals surface area (Å²) in [4.78, 5) is 12.5. The van der Waals surface area contributed by atoms with Crippen LogP contribution < -0.4 is 10.1 Å². The summed E-state index contributed by atoms with van der Waals surface area (Å²) in [6.07, 6.45) is 2.13. The van der Waals surface area contributed by atoms with Gasteiger partial charge in [-0.25, -0.2) is 0 Å². The predicted octanol–water partition coefficient (Wildman–Crippen LogP) is 5.39. The topological polar surface area (TPSA) is 64.4 Å². The monoisotopic (exact) mass is 364 g/mol. The Kier molecular flexibility index (Phi) is 5.91. The summed E-state index contributed by atoms with van der Waals surface area (Å²) in [5.74, 6) is 1.07. The van der Waals surface area contributed by atoms with Crippen molar-refractivity contribution in [1.29, 1.82) is 0 Å². The molecular formula is C22H24N2O3. The lowest BCUT2D eigenvalue weighted by molar-refractivity contribution is 0.101. The van der Waals surface area contributed by atoms with Crippen LogP contribution in [0.25, 0.3) is 11.3 Å². The number of amides is 1. The highest BCUT2D eigenvalue weighted by molar-refractivity contribution is 6.03. The molecule has 5 nitrogen and oxygen atoms in total. The number of anilines is 1. The van der Waals surface area contributed by atoms with E-state index in [4.69, 9.17) is 9.26 Å². The molecule has 2 aromatic carbocycles. The number of hydrogen-bond donors (Lipinski definition) is 1. The van der Waals surface area contributed by atoms with E-state index in [0.29, 0.717) is 12.4 Å². The van der Waals surface area contributed by atoms with Gasteiger partial charge >= 0.3 is 0 Å². The van der Waals surface area contributed by atoms with Crippen molar-refractivity contribution in [3.63, 3.8) is 0 Å². The number of unbranched alkanes of at least 4 members (excludes halogenated alkanes) is 1.